The van der Waals surface area contributed by atoms with E-state index in [0.717, 1.165) is 24.5 Å². The highest BCUT2D eigenvalue weighted by Gasteiger charge is 2.37. The number of benzene rings is 1. The molecule has 0 bridgehead atoms. The van der Waals surface area contributed by atoms with Crippen molar-refractivity contribution in [3.63, 3.8) is 0 Å². The van der Waals surface area contributed by atoms with E-state index in [4.69, 9.17) is 0 Å². The van der Waals surface area contributed by atoms with E-state index >= 15 is 0 Å². The van der Waals surface area contributed by atoms with Gasteiger partial charge in [-0.3, -0.25) is 0 Å². The Morgan fingerprint density at radius 2 is 2.25 bits per heavy atom. The fourth-order valence-corrected chi connectivity index (χ4v) is 4.05. The Kier molecular flexibility index (Phi) is 1.95. The molecular weight excluding hydrogens is 224 g/mol. The van der Waals surface area contributed by atoms with E-state index in [1.165, 1.54) is 0 Å². The molecule has 0 aliphatic carbocycles. The maximum atomic E-state index is 12.2. The number of para-hydroxylation sites is 1. The van der Waals surface area contributed by atoms with Gasteiger partial charge in [-0.25, -0.2) is 8.42 Å². The molecule has 3 rings (SSSR count). The fraction of sp³-hybridized carbons (Fsp3) is 0.455. The van der Waals surface area contributed by atoms with E-state index in [9.17, 15) is 8.42 Å². The normalized spacial score (nSPS) is 25.8. The van der Waals surface area contributed by atoms with Gasteiger partial charge in [0, 0.05) is 19.6 Å². The van der Waals surface area contributed by atoms with Crippen LogP contribution in [0.5, 0.6) is 0 Å². The average molecular weight is 238 g/mol. The minimum absolute atomic E-state index is 0.312. The van der Waals surface area contributed by atoms with Gasteiger partial charge in [0.2, 0.25) is 0 Å². The predicted octanol–water partition coefficient (Wildman–Crippen LogP) is 1.09. The molecular formula is C11H14N2O2S. The number of anilines is 2. The molecule has 0 aromatic heterocycles. The first-order valence-corrected chi connectivity index (χ1v) is 7.01. The summed E-state index contributed by atoms with van der Waals surface area (Å²) in [6, 6.07) is 5.46. The Morgan fingerprint density at radius 1 is 1.44 bits per heavy atom. The highest BCUT2D eigenvalue weighted by Crippen LogP contribution is 2.40. The van der Waals surface area contributed by atoms with Crippen LogP contribution >= 0.6 is 0 Å². The van der Waals surface area contributed by atoms with Crippen molar-refractivity contribution < 1.29 is 8.42 Å². The third-order valence-corrected chi connectivity index (χ3v) is 5.48. The summed E-state index contributed by atoms with van der Waals surface area (Å²) in [5, 5.41) is 2.94. The minimum Gasteiger partial charge on any atom is -0.382 e. The van der Waals surface area contributed by atoms with Gasteiger partial charge in [0.1, 0.15) is 0 Å². The summed E-state index contributed by atoms with van der Waals surface area (Å²) in [4.78, 5) is 2.66. The van der Waals surface area contributed by atoms with Gasteiger partial charge in [-0.1, -0.05) is 6.07 Å². The van der Waals surface area contributed by atoms with Crippen molar-refractivity contribution in [2.24, 2.45) is 0 Å². The predicted molar refractivity (Wildman–Crippen MR) is 63.8 cm³/mol. The van der Waals surface area contributed by atoms with Crippen molar-refractivity contribution in [3.05, 3.63) is 18.2 Å². The zero-order chi connectivity index (χ0) is 11.3. The van der Waals surface area contributed by atoms with Crippen LogP contribution < -0.4 is 10.2 Å². The van der Waals surface area contributed by atoms with Crippen molar-refractivity contribution in [3.8, 4) is 0 Å². The van der Waals surface area contributed by atoms with E-state index in [0.29, 0.717) is 11.4 Å². The molecule has 2 aliphatic heterocycles. The molecule has 1 N–H and O–H groups in total. The molecule has 1 unspecified atom stereocenters. The maximum Gasteiger partial charge on any atom is 0.184 e. The molecule has 0 amide bonds. The lowest BCUT2D eigenvalue weighted by atomic mass is 10.2. The van der Waals surface area contributed by atoms with Crippen molar-refractivity contribution >= 4 is 21.2 Å². The lowest BCUT2D eigenvalue weighted by molar-refractivity contribution is 0.572. The van der Waals surface area contributed by atoms with E-state index in [1.807, 2.05) is 6.07 Å². The minimum atomic E-state index is -3.13. The quantitative estimate of drug-likeness (QED) is 0.735. The second kappa shape index (κ2) is 3.13. The maximum absolute atomic E-state index is 12.2. The Labute approximate surface area is 95.2 Å². The molecule has 0 saturated heterocycles. The number of nitrogens with zero attached hydrogens (tertiary/aromatic N) is 1. The molecule has 0 radical (unpaired) electrons. The number of nitrogens with one attached hydrogen (secondary N) is 1. The number of rotatable bonds is 0. The Balaban J connectivity index is 2.31. The molecule has 4 nitrogen and oxygen atoms in total. The lowest BCUT2D eigenvalue weighted by Gasteiger charge is -2.39. The summed E-state index contributed by atoms with van der Waals surface area (Å²) < 4.78 is 24.4. The smallest absolute Gasteiger partial charge is 0.184 e. The zero-order valence-corrected chi connectivity index (χ0v) is 9.92. The third-order valence-electron chi connectivity index (χ3n) is 3.33. The molecule has 0 saturated carbocycles. The molecule has 1 aromatic carbocycles. The van der Waals surface area contributed by atoms with Crippen LogP contribution in [0.25, 0.3) is 0 Å². The highest BCUT2D eigenvalue weighted by atomic mass is 32.2. The highest BCUT2D eigenvalue weighted by molar-refractivity contribution is 7.92. The number of hydrogen-bond acceptors (Lipinski definition) is 4. The van der Waals surface area contributed by atoms with E-state index in [1.54, 1.807) is 19.1 Å². The Bertz CT molecular complexity index is 539. The second-order valence-electron chi connectivity index (χ2n) is 4.38. The van der Waals surface area contributed by atoms with Gasteiger partial charge in [0.25, 0.3) is 0 Å². The monoisotopic (exact) mass is 238 g/mol. The summed E-state index contributed by atoms with van der Waals surface area (Å²) in [5.41, 5.74) is 1.81. The molecule has 1 atom stereocenters. The molecule has 2 heterocycles. The van der Waals surface area contributed by atoms with E-state index in [-0.39, 0.29) is 5.25 Å². The molecule has 2 aliphatic rings. The zero-order valence-electron chi connectivity index (χ0n) is 9.10. The van der Waals surface area contributed by atoms with Crippen LogP contribution in [0.4, 0.5) is 11.4 Å². The molecule has 86 valence electrons. The SMILES string of the molecule is CC1CN2CCNc3cccc(c32)S1(=O)=O. The van der Waals surface area contributed by atoms with E-state index < -0.39 is 9.84 Å². The fourth-order valence-electron chi connectivity index (χ4n) is 2.47. The van der Waals surface area contributed by atoms with E-state index in [2.05, 4.69) is 10.2 Å². The van der Waals surface area contributed by atoms with Crippen molar-refractivity contribution in [1.29, 1.82) is 0 Å². The van der Waals surface area contributed by atoms with Crippen LogP contribution in [0.3, 0.4) is 0 Å². The van der Waals surface area contributed by atoms with Crippen molar-refractivity contribution in [2.45, 2.75) is 17.1 Å². The van der Waals surface area contributed by atoms with Crippen molar-refractivity contribution in [2.75, 3.05) is 29.9 Å². The Hall–Kier alpha value is -1.23. The molecule has 1 aromatic rings. The Morgan fingerprint density at radius 3 is 3.06 bits per heavy atom. The topological polar surface area (TPSA) is 49.4 Å². The van der Waals surface area contributed by atoms with Gasteiger partial charge in [-0.15, -0.1) is 0 Å². The summed E-state index contributed by atoms with van der Waals surface area (Å²) in [6.45, 7) is 4.15. The van der Waals surface area contributed by atoms with Crippen LogP contribution in [-0.4, -0.2) is 33.3 Å². The van der Waals surface area contributed by atoms with Gasteiger partial charge in [-0.05, 0) is 19.1 Å². The molecule has 0 spiro atoms. The van der Waals surface area contributed by atoms with Crippen LogP contribution in [0, 0.1) is 0 Å². The van der Waals surface area contributed by atoms with Crippen molar-refractivity contribution in [1.82, 2.24) is 0 Å². The number of sulfone groups is 1. The molecule has 0 fully saturated rings. The summed E-state index contributed by atoms with van der Waals surface area (Å²) >= 11 is 0. The van der Waals surface area contributed by atoms with Crippen LogP contribution in [-0.2, 0) is 9.84 Å². The van der Waals surface area contributed by atoms with Gasteiger partial charge >= 0.3 is 0 Å². The summed E-state index contributed by atoms with van der Waals surface area (Å²) in [7, 11) is -3.13. The van der Waals surface area contributed by atoms with Gasteiger partial charge in [-0.2, -0.15) is 0 Å². The summed E-state index contributed by atoms with van der Waals surface area (Å²) in [5.74, 6) is 0. The standard InChI is InChI=1S/C11H14N2O2S/c1-8-7-13-6-5-12-9-3-2-4-10(11(9)13)16(8,14)15/h2-4,8,12H,5-7H2,1H3. The van der Waals surface area contributed by atoms with Gasteiger partial charge in [0.05, 0.1) is 21.5 Å². The first kappa shape index (κ1) is 9.96. The lowest BCUT2D eigenvalue weighted by Crippen LogP contribution is -2.45. The number of hydrogen-bond donors (Lipinski definition) is 1. The van der Waals surface area contributed by atoms with Crippen LogP contribution in [0.2, 0.25) is 0 Å². The largest absolute Gasteiger partial charge is 0.382 e. The van der Waals surface area contributed by atoms with Gasteiger partial charge in [0.15, 0.2) is 9.84 Å². The first-order valence-electron chi connectivity index (χ1n) is 5.46. The van der Waals surface area contributed by atoms with Crippen LogP contribution in [0.15, 0.2) is 23.1 Å². The third kappa shape index (κ3) is 1.18. The summed E-state index contributed by atoms with van der Waals surface area (Å²) in [6.07, 6.45) is 0. The molecule has 16 heavy (non-hydrogen) atoms. The second-order valence-corrected chi connectivity index (χ2v) is 6.72. The first-order chi connectivity index (χ1) is 7.60. The van der Waals surface area contributed by atoms with Crippen LogP contribution in [0.1, 0.15) is 6.92 Å². The molecule has 5 heteroatoms. The van der Waals surface area contributed by atoms with Gasteiger partial charge < -0.3 is 10.2 Å². The average Bonchev–Trinajstić information content (AvgIpc) is 2.27.